The number of nitrogens with two attached hydrogens (primary N) is 1. The first kappa shape index (κ1) is 58.4. The van der Waals surface area contributed by atoms with Crippen LogP contribution >= 0.6 is 7.82 Å². The van der Waals surface area contributed by atoms with Crippen molar-refractivity contribution in [1.29, 1.82) is 0 Å². The van der Waals surface area contributed by atoms with Crippen molar-refractivity contribution >= 4 is 13.7 Å². The molecule has 0 heterocycles. The third-order valence-electron chi connectivity index (χ3n) is 10.9. The van der Waals surface area contributed by atoms with Gasteiger partial charge in [-0.25, -0.2) is 4.57 Å². The number of rotatable bonds is 46. The number of nitrogens with one attached hydrogen (secondary N) is 1. The summed E-state index contributed by atoms with van der Waals surface area (Å²) in [5, 5.41) is 24.1. The van der Waals surface area contributed by atoms with Crippen LogP contribution in [0.3, 0.4) is 0 Å². The number of hydrogen-bond donors (Lipinski definition) is 5. The lowest BCUT2D eigenvalue weighted by atomic mass is 10.0. The van der Waals surface area contributed by atoms with E-state index in [4.69, 9.17) is 14.8 Å². The van der Waals surface area contributed by atoms with Crippen LogP contribution in [-0.2, 0) is 18.4 Å². The molecule has 4 unspecified atom stereocenters. The number of aliphatic hydroxyl groups is 2. The first-order chi connectivity index (χ1) is 29.3. The van der Waals surface area contributed by atoms with Gasteiger partial charge in [0.2, 0.25) is 5.91 Å². The third kappa shape index (κ3) is 43.1. The summed E-state index contributed by atoms with van der Waals surface area (Å²) in [6, 6.07) is -1.01. The van der Waals surface area contributed by atoms with Crippen molar-refractivity contribution in [2.75, 3.05) is 19.8 Å². The van der Waals surface area contributed by atoms with Crippen LogP contribution in [0.25, 0.3) is 0 Å². The Hall–Kier alpha value is -1.58. The SMILES string of the molecule is CCCCCCCCCCC/C=C/CC/C=C/CC/C=C/C(O)C(COP(=O)(O)OCCN)NC(=O)CC(O)CCCCCCC/C=C\CCCCCCCCCCCC. The molecule has 0 aliphatic heterocycles. The maximum atomic E-state index is 12.9. The lowest BCUT2D eigenvalue weighted by Gasteiger charge is -2.24. The number of unbranched alkanes of at least 4 members (excludes halogenated alkanes) is 26. The van der Waals surface area contributed by atoms with Crippen LogP contribution in [0.15, 0.2) is 48.6 Å². The van der Waals surface area contributed by atoms with Gasteiger partial charge in [-0.1, -0.05) is 197 Å². The Morgan fingerprint density at radius 2 is 0.950 bits per heavy atom. The van der Waals surface area contributed by atoms with Gasteiger partial charge in [0.05, 0.1) is 37.9 Å². The molecule has 0 aliphatic rings. The summed E-state index contributed by atoms with van der Waals surface area (Å²) in [4.78, 5) is 22.8. The summed E-state index contributed by atoms with van der Waals surface area (Å²) in [6.07, 6.45) is 53.5. The van der Waals surface area contributed by atoms with E-state index in [1.165, 1.54) is 135 Å². The summed E-state index contributed by atoms with van der Waals surface area (Å²) < 4.78 is 22.1. The largest absolute Gasteiger partial charge is 0.472 e. The number of hydrogen-bond acceptors (Lipinski definition) is 7. The Balaban J connectivity index is 4.31. The molecule has 0 fully saturated rings. The Morgan fingerprint density at radius 1 is 0.567 bits per heavy atom. The van der Waals surface area contributed by atoms with Crippen molar-refractivity contribution < 1.29 is 33.5 Å². The van der Waals surface area contributed by atoms with Crippen LogP contribution in [0.4, 0.5) is 0 Å². The minimum atomic E-state index is -4.42. The molecule has 4 atom stereocenters. The van der Waals surface area contributed by atoms with Crippen LogP contribution < -0.4 is 11.1 Å². The minimum absolute atomic E-state index is 0.0404. The van der Waals surface area contributed by atoms with Crippen LogP contribution in [0, 0.1) is 0 Å². The zero-order chi connectivity index (χ0) is 44.0. The molecule has 0 saturated heterocycles. The molecule has 6 N–H and O–H groups in total. The Bertz CT molecular complexity index is 1100. The number of carbonyl (C=O) groups excluding carboxylic acids is 1. The van der Waals surface area contributed by atoms with Gasteiger partial charge in [0.15, 0.2) is 0 Å². The average Bonchev–Trinajstić information content (AvgIpc) is 3.23. The monoisotopic (exact) mass is 867 g/mol. The normalized spacial score (nSPS) is 14.8. The highest BCUT2D eigenvalue weighted by Crippen LogP contribution is 2.43. The molecule has 0 saturated carbocycles. The van der Waals surface area contributed by atoms with Crippen molar-refractivity contribution in [2.24, 2.45) is 5.73 Å². The van der Waals surface area contributed by atoms with Gasteiger partial charge >= 0.3 is 7.82 Å². The molecule has 10 heteroatoms. The van der Waals surface area contributed by atoms with Crippen molar-refractivity contribution in [3.8, 4) is 0 Å². The van der Waals surface area contributed by atoms with Crippen molar-refractivity contribution in [3.63, 3.8) is 0 Å². The van der Waals surface area contributed by atoms with E-state index in [1.807, 2.05) is 6.08 Å². The van der Waals surface area contributed by atoms with Gasteiger partial charge in [-0.15, -0.1) is 0 Å². The first-order valence-electron chi connectivity index (χ1n) is 24.8. The molecule has 0 aliphatic carbocycles. The standard InChI is InChI=1S/C50H95N2O7P/c1-3-5-7-9-11-13-15-17-19-21-23-25-27-29-31-33-35-37-39-41-47(53)45-50(55)52-48(46-59-60(56,57)58-44-43-51)49(54)42-40-38-36-34-32-30-28-26-24-22-20-18-16-14-12-10-8-6-4-2/h24-27,32,34,40,42,47-49,53-54H,3-23,28-31,33,35-39,41,43-46,51H2,1-2H3,(H,52,55)(H,56,57)/b26-24+,27-25-,34-32+,42-40+. The highest BCUT2D eigenvalue weighted by molar-refractivity contribution is 7.47. The molecular formula is C50H95N2O7P. The van der Waals surface area contributed by atoms with Gasteiger partial charge in [-0.2, -0.15) is 0 Å². The van der Waals surface area contributed by atoms with E-state index in [1.54, 1.807) is 6.08 Å². The average molecular weight is 867 g/mol. The topological polar surface area (TPSA) is 151 Å². The zero-order valence-electron chi connectivity index (χ0n) is 38.8. The van der Waals surface area contributed by atoms with Crippen LogP contribution in [-0.4, -0.2) is 59.0 Å². The predicted octanol–water partition coefficient (Wildman–Crippen LogP) is 13.4. The van der Waals surface area contributed by atoms with Gasteiger partial charge in [-0.05, 0) is 70.6 Å². The predicted molar refractivity (Wildman–Crippen MR) is 255 cm³/mol. The molecule has 1 amide bonds. The van der Waals surface area contributed by atoms with E-state index in [2.05, 4.69) is 55.6 Å². The smallest absolute Gasteiger partial charge is 0.393 e. The lowest BCUT2D eigenvalue weighted by Crippen LogP contribution is -2.46. The van der Waals surface area contributed by atoms with Crippen LogP contribution in [0.5, 0.6) is 0 Å². The maximum Gasteiger partial charge on any atom is 0.472 e. The summed E-state index contributed by atoms with van der Waals surface area (Å²) in [5.41, 5.74) is 5.37. The highest BCUT2D eigenvalue weighted by Gasteiger charge is 2.27. The number of amides is 1. The molecule has 0 radical (unpaired) electrons. The van der Waals surface area contributed by atoms with Crippen molar-refractivity contribution in [3.05, 3.63) is 48.6 Å². The van der Waals surface area contributed by atoms with E-state index < -0.39 is 38.6 Å². The Kier molecular flexibility index (Phi) is 44.2. The lowest BCUT2D eigenvalue weighted by molar-refractivity contribution is -0.124. The molecule has 0 aromatic rings. The van der Waals surface area contributed by atoms with Gasteiger partial charge in [0.1, 0.15) is 0 Å². The second-order valence-electron chi connectivity index (χ2n) is 16.8. The summed E-state index contributed by atoms with van der Waals surface area (Å²) in [7, 11) is -4.42. The highest BCUT2D eigenvalue weighted by atomic mass is 31.2. The Labute approximate surface area is 369 Å². The molecule has 352 valence electrons. The number of aliphatic hydroxyl groups excluding tert-OH is 2. The van der Waals surface area contributed by atoms with Gasteiger partial charge in [-0.3, -0.25) is 13.8 Å². The molecular weight excluding hydrogens is 772 g/mol. The van der Waals surface area contributed by atoms with Crippen molar-refractivity contribution in [2.45, 2.75) is 244 Å². The fraction of sp³-hybridized carbons (Fsp3) is 0.820. The summed E-state index contributed by atoms with van der Waals surface area (Å²) in [5.74, 6) is -0.464. The second kappa shape index (κ2) is 45.4. The van der Waals surface area contributed by atoms with Crippen LogP contribution in [0.1, 0.15) is 226 Å². The van der Waals surface area contributed by atoms with E-state index in [0.717, 1.165) is 57.8 Å². The molecule has 0 rings (SSSR count). The van der Waals surface area contributed by atoms with Gasteiger partial charge in [0, 0.05) is 6.54 Å². The molecule has 0 aromatic carbocycles. The quantitative estimate of drug-likeness (QED) is 0.0230. The van der Waals surface area contributed by atoms with Gasteiger partial charge in [0.25, 0.3) is 0 Å². The fourth-order valence-corrected chi connectivity index (χ4v) is 7.90. The molecule has 60 heavy (non-hydrogen) atoms. The second-order valence-corrected chi connectivity index (χ2v) is 18.3. The minimum Gasteiger partial charge on any atom is -0.393 e. The summed E-state index contributed by atoms with van der Waals surface area (Å²) in [6.45, 7) is 3.95. The molecule has 0 bridgehead atoms. The zero-order valence-corrected chi connectivity index (χ0v) is 39.7. The number of carbonyl (C=O) groups is 1. The molecule has 9 nitrogen and oxygen atoms in total. The third-order valence-corrected chi connectivity index (χ3v) is 11.9. The first-order valence-corrected chi connectivity index (χ1v) is 26.3. The Morgan fingerprint density at radius 3 is 1.38 bits per heavy atom. The van der Waals surface area contributed by atoms with E-state index in [9.17, 15) is 24.5 Å². The molecule has 0 aromatic heterocycles. The number of phosphoric ester groups is 1. The molecule has 0 spiro atoms. The van der Waals surface area contributed by atoms with E-state index in [-0.39, 0.29) is 19.6 Å². The van der Waals surface area contributed by atoms with Crippen molar-refractivity contribution in [1.82, 2.24) is 5.32 Å². The number of phosphoric acid groups is 1. The maximum absolute atomic E-state index is 12.9. The number of allylic oxidation sites excluding steroid dienone is 7. The van der Waals surface area contributed by atoms with E-state index in [0.29, 0.717) is 12.8 Å². The fourth-order valence-electron chi connectivity index (χ4n) is 7.14. The van der Waals surface area contributed by atoms with E-state index >= 15 is 0 Å². The van der Waals surface area contributed by atoms with Gasteiger partial charge < -0.3 is 26.2 Å². The van der Waals surface area contributed by atoms with Crippen LogP contribution in [0.2, 0.25) is 0 Å². The summed E-state index contributed by atoms with van der Waals surface area (Å²) >= 11 is 0.